The van der Waals surface area contributed by atoms with Gasteiger partial charge >= 0.3 is 0 Å². The van der Waals surface area contributed by atoms with Crippen LogP contribution in [0.15, 0.2) is 30.9 Å². The van der Waals surface area contributed by atoms with Crippen LogP contribution in [0, 0.1) is 0 Å². The summed E-state index contributed by atoms with van der Waals surface area (Å²) in [5.41, 5.74) is 1.52. The fraction of sp³-hybridized carbons (Fsp3) is 0.182. The molecule has 0 bridgehead atoms. The molecular weight excluding hydrogens is 206 g/mol. The second-order valence-corrected chi connectivity index (χ2v) is 3.28. The summed E-state index contributed by atoms with van der Waals surface area (Å²) in [6.45, 7) is 0.533. The Bertz CT molecular complexity index is 480. The van der Waals surface area contributed by atoms with E-state index in [1.165, 1.54) is 6.33 Å². The Morgan fingerprint density at radius 1 is 1.50 bits per heavy atom. The van der Waals surface area contributed by atoms with Gasteiger partial charge in [-0.3, -0.25) is 4.79 Å². The molecule has 0 atom stereocenters. The predicted molar refractivity (Wildman–Crippen MR) is 57.5 cm³/mol. The van der Waals surface area contributed by atoms with Crippen LogP contribution in [-0.2, 0) is 6.54 Å². The molecule has 1 aromatic carbocycles. The average molecular weight is 217 g/mol. The molecule has 0 amide bonds. The van der Waals surface area contributed by atoms with E-state index in [0.717, 1.165) is 17.6 Å². The van der Waals surface area contributed by atoms with Gasteiger partial charge in [-0.15, -0.1) is 0 Å². The van der Waals surface area contributed by atoms with Crippen LogP contribution in [0.4, 0.5) is 0 Å². The maximum Gasteiger partial charge on any atom is 0.150 e. The van der Waals surface area contributed by atoms with Crippen LogP contribution < -0.4 is 4.74 Å². The summed E-state index contributed by atoms with van der Waals surface area (Å²) < 4.78 is 6.89. The molecule has 0 fully saturated rings. The van der Waals surface area contributed by atoms with Crippen LogP contribution >= 0.6 is 0 Å². The van der Waals surface area contributed by atoms with Crippen molar-refractivity contribution in [1.29, 1.82) is 0 Å². The number of rotatable bonds is 4. The van der Waals surface area contributed by atoms with Gasteiger partial charge in [-0.25, -0.2) is 9.67 Å². The first kappa shape index (κ1) is 10.4. The summed E-state index contributed by atoms with van der Waals surface area (Å²) in [4.78, 5) is 14.5. The molecule has 0 saturated heterocycles. The Labute approximate surface area is 92.7 Å². The fourth-order valence-electron chi connectivity index (χ4n) is 1.48. The van der Waals surface area contributed by atoms with Gasteiger partial charge in [-0.2, -0.15) is 5.10 Å². The van der Waals surface area contributed by atoms with E-state index in [1.54, 1.807) is 36.3 Å². The standard InChI is InChI=1S/C11H11N3O2/c1-16-11-3-2-9(6-15)4-10(11)5-14-8-12-7-13-14/h2-4,6-8H,5H2,1H3. The van der Waals surface area contributed by atoms with Crippen molar-refractivity contribution in [3.05, 3.63) is 42.0 Å². The summed E-state index contributed by atoms with van der Waals surface area (Å²) in [5, 5.41) is 4.00. The zero-order valence-electron chi connectivity index (χ0n) is 8.83. The van der Waals surface area contributed by atoms with E-state index < -0.39 is 0 Å². The lowest BCUT2D eigenvalue weighted by Gasteiger charge is -2.08. The van der Waals surface area contributed by atoms with Gasteiger partial charge in [-0.05, 0) is 18.2 Å². The van der Waals surface area contributed by atoms with Gasteiger partial charge < -0.3 is 4.74 Å². The first-order chi connectivity index (χ1) is 7.83. The zero-order valence-corrected chi connectivity index (χ0v) is 8.83. The lowest BCUT2D eigenvalue weighted by Crippen LogP contribution is -2.03. The number of benzene rings is 1. The van der Waals surface area contributed by atoms with E-state index in [0.29, 0.717) is 12.1 Å². The summed E-state index contributed by atoms with van der Waals surface area (Å²) in [7, 11) is 1.60. The number of ether oxygens (including phenoxy) is 1. The van der Waals surface area contributed by atoms with Gasteiger partial charge in [0.2, 0.25) is 0 Å². The van der Waals surface area contributed by atoms with Crippen molar-refractivity contribution in [2.45, 2.75) is 6.54 Å². The number of carbonyl (C=O) groups excluding carboxylic acids is 1. The highest BCUT2D eigenvalue weighted by atomic mass is 16.5. The number of carbonyl (C=O) groups is 1. The van der Waals surface area contributed by atoms with Crippen molar-refractivity contribution in [1.82, 2.24) is 14.8 Å². The lowest BCUT2D eigenvalue weighted by molar-refractivity contribution is 0.112. The van der Waals surface area contributed by atoms with Crippen LogP contribution in [0.1, 0.15) is 15.9 Å². The molecule has 0 N–H and O–H groups in total. The molecule has 82 valence electrons. The second-order valence-electron chi connectivity index (χ2n) is 3.28. The van der Waals surface area contributed by atoms with Crippen molar-refractivity contribution in [3.8, 4) is 5.75 Å². The lowest BCUT2D eigenvalue weighted by atomic mass is 10.1. The number of hydrogen-bond acceptors (Lipinski definition) is 4. The summed E-state index contributed by atoms with van der Waals surface area (Å²) in [5.74, 6) is 0.737. The van der Waals surface area contributed by atoms with E-state index in [9.17, 15) is 4.79 Å². The molecule has 0 spiro atoms. The molecule has 16 heavy (non-hydrogen) atoms. The zero-order chi connectivity index (χ0) is 11.4. The smallest absolute Gasteiger partial charge is 0.150 e. The minimum absolute atomic E-state index is 0.533. The van der Waals surface area contributed by atoms with Gasteiger partial charge in [-0.1, -0.05) is 0 Å². The molecule has 1 heterocycles. The number of aromatic nitrogens is 3. The largest absolute Gasteiger partial charge is 0.496 e. The van der Waals surface area contributed by atoms with Crippen molar-refractivity contribution in [3.63, 3.8) is 0 Å². The molecular formula is C11H11N3O2. The van der Waals surface area contributed by atoms with E-state index >= 15 is 0 Å². The summed E-state index contributed by atoms with van der Waals surface area (Å²) in [6, 6.07) is 5.28. The molecule has 1 aromatic heterocycles. The van der Waals surface area contributed by atoms with Gasteiger partial charge in [0, 0.05) is 11.1 Å². The quantitative estimate of drug-likeness (QED) is 0.721. The predicted octanol–water partition coefficient (Wildman–Crippen LogP) is 1.15. The Kier molecular flexibility index (Phi) is 2.95. The number of hydrogen-bond donors (Lipinski definition) is 0. The Morgan fingerprint density at radius 3 is 3.00 bits per heavy atom. The molecule has 0 aliphatic heterocycles. The Morgan fingerprint density at radius 2 is 2.38 bits per heavy atom. The Balaban J connectivity index is 2.33. The van der Waals surface area contributed by atoms with E-state index in [1.807, 2.05) is 0 Å². The Hall–Kier alpha value is -2.17. The van der Waals surface area contributed by atoms with Crippen LogP contribution in [-0.4, -0.2) is 28.2 Å². The third-order valence-corrected chi connectivity index (χ3v) is 2.24. The van der Waals surface area contributed by atoms with Crippen LogP contribution in [0.3, 0.4) is 0 Å². The molecule has 0 radical (unpaired) electrons. The van der Waals surface area contributed by atoms with Gasteiger partial charge in [0.05, 0.1) is 13.7 Å². The van der Waals surface area contributed by atoms with Crippen molar-refractivity contribution >= 4 is 6.29 Å². The van der Waals surface area contributed by atoms with E-state index in [4.69, 9.17) is 4.74 Å². The minimum atomic E-state index is 0.533. The number of methoxy groups -OCH3 is 1. The maximum absolute atomic E-state index is 10.7. The molecule has 0 aliphatic carbocycles. The SMILES string of the molecule is COc1ccc(C=O)cc1Cn1cncn1. The molecule has 0 saturated carbocycles. The number of aldehydes is 1. The van der Waals surface area contributed by atoms with Gasteiger partial charge in [0.1, 0.15) is 24.7 Å². The monoisotopic (exact) mass is 217 g/mol. The first-order valence-electron chi connectivity index (χ1n) is 4.78. The second kappa shape index (κ2) is 4.57. The van der Waals surface area contributed by atoms with Crippen molar-refractivity contribution in [2.75, 3.05) is 7.11 Å². The fourth-order valence-corrected chi connectivity index (χ4v) is 1.48. The minimum Gasteiger partial charge on any atom is -0.496 e. The molecule has 2 aromatic rings. The van der Waals surface area contributed by atoms with Crippen molar-refractivity contribution < 1.29 is 9.53 Å². The summed E-state index contributed by atoms with van der Waals surface area (Å²) >= 11 is 0. The molecule has 2 rings (SSSR count). The first-order valence-corrected chi connectivity index (χ1v) is 4.78. The maximum atomic E-state index is 10.7. The number of nitrogens with zero attached hydrogens (tertiary/aromatic N) is 3. The highest BCUT2D eigenvalue weighted by Gasteiger charge is 2.05. The van der Waals surface area contributed by atoms with Gasteiger partial charge in [0.25, 0.3) is 0 Å². The molecule has 0 unspecified atom stereocenters. The van der Waals surface area contributed by atoms with Crippen LogP contribution in [0.5, 0.6) is 5.75 Å². The highest BCUT2D eigenvalue weighted by Crippen LogP contribution is 2.19. The molecule has 0 aliphatic rings. The third-order valence-electron chi connectivity index (χ3n) is 2.24. The molecule has 5 nitrogen and oxygen atoms in total. The third kappa shape index (κ3) is 2.08. The highest BCUT2D eigenvalue weighted by molar-refractivity contribution is 5.75. The summed E-state index contributed by atoms with van der Waals surface area (Å²) in [6.07, 6.45) is 3.90. The normalized spacial score (nSPS) is 10.1. The van der Waals surface area contributed by atoms with Crippen LogP contribution in [0.25, 0.3) is 0 Å². The van der Waals surface area contributed by atoms with Crippen LogP contribution in [0.2, 0.25) is 0 Å². The average Bonchev–Trinajstić information content (AvgIpc) is 2.82. The topological polar surface area (TPSA) is 57.0 Å². The van der Waals surface area contributed by atoms with Crippen molar-refractivity contribution in [2.24, 2.45) is 0 Å². The van der Waals surface area contributed by atoms with E-state index in [2.05, 4.69) is 10.1 Å². The molecule has 5 heteroatoms. The van der Waals surface area contributed by atoms with E-state index in [-0.39, 0.29) is 0 Å². The van der Waals surface area contributed by atoms with Gasteiger partial charge in [0.15, 0.2) is 0 Å².